The van der Waals surface area contributed by atoms with Gasteiger partial charge in [0.05, 0.1) is 5.56 Å². The van der Waals surface area contributed by atoms with Crippen molar-refractivity contribution in [2.75, 3.05) is 26.2 Å². The minimum Gasteiger partial charge on any atom is -0.466 e. The molecule has 1 saturated heterocycles. The highest BCUT2D eigenvalue weighted by Gasteiger charge is 2.27. The summed E-state index contributed by atoms with van der Waals surface area (Å²) in [6.07, 6.45) is 0. The summed E-state index contributed by atoms with van der Waals surface area (Å²) in [5.74, 6) is -1.30. The molecule has 2 heterocycles. The summed E-state index contributed by atoms with van der Waals surface area (Å²) >= 11 is 0. The van der Waals surface area contributed by atoms with E-state index < -0.39 is 11.6 Å². The Labute approximate surface area is 143 Å². The number of benzene rings is 1. The Morgan fingerprint density at radius 3 is 2.04 bits per heavy atom. The van der Waals surface area contributed by atoms with Crippen molar-refractivity contribution in [2.45, 2.75) is 13.8 Å². The quantitative estimate of drug-likeness (QED) is 0.839. The van der Waals surface area contributed by atoms with Crippen molar-refractivity contribution < 1.29 is 22.8 Å². The highest BCUT2D eigenvalue weighted by molar-refractivity contribution is 5.96. The zero-order chi connectivity index (χ0) is 18.1. The Morgan fingerprint density at radius 1 is 0.920 bits per heavy atom. The number of rotatable bonds is 2. The van der Waals surface area contributed by atoms with Crippen LogP contribution in [0.2, 0.25) is 0 Å². The molecule has 25 heavy (non-hydrogen) atoms. The fraction of sp³-hybridized carbons (Fsp3) is 0.333. The van der Waals surface area contributed by atoms with E-state index in [9.17, 15) is 18.4 Å². The molecule has 1 aliphatic rings. The van der Waals surface area contributed by atoms with Gasteiger partial charge in [0.1, 0.15) is 11.5 Å². The van der Waals surface area contributed by atoms with Crippen LogP contribution in [-0.4, -0.2) is 47.8 Å². The molecule has 0 spiro atoms. The minimum atomic E-state index is -1.05. The molecule has 1 aromatic heterocycles. The van der Waals surface area contributed by atoms with Gasteiger partial charge in [0, 0.05) is 31.7 Å². The molecule has 0 saturated carbocycles. The highest BCUT2D eigenvalue weighted by Crippen LogP contribution is 2.18. The average molecular weight is 348 g/mol. The van der Waals surface area contributed by atoms with Crippen LogP contribution in [0.5, 0.6) is 0 Å². The van der Waals surface area contributed by atoms with E-state index in [2.05, 4.69) is 0 Å². The van der Waals surface area contributed by atoms with E-state index >= 15 is 0 Å². The Morgan fingerprint density at radius 2 is 1.52 bits per heavy atom. The van der Waals surface area contributed by atoms with Crippen molar-refractivity contribution in [3.05, 3.63) is 58.5 Å². The van der Waals surface area contributed by atoms with E-state index in [0.717, 1.165) is 12.1 Å². The van der Waals surface area contributed by atoms with Gasteiger partial charge < -0.3 is 14.2 Å². The lowest BCUT2D eigenvalue weighted by Gasteiger charge is -2.34. The molecule has 0 radical (unpaired) electrons. The number of hydrogen-bond acceptors (Lipinski definition) is 3. The first-order valence-corrected chi connectivity index (χ1v) is 7.97. The molecule has 0 unspecified atom stereocenters. The number of halogens is 2. The lowest BCUT2D eigenvalue weighted by atomic mass is 10.1. The fourth-order valence-corrected chi connectivity index (χ4v) is 2.94. The summed E-state index contributed by atoms with van der Waals surface area (Å²) in [5.41, 5.74) is 0.623. The zero-order valence-corrected chi connectivity index (χ0v) is 14.0. The standard InChI is InChI=1S/C18H18F2N2O3/c1-11-9-14(12(2)25-11)18(24)22-7-5-21(6-8-22)17(23)13-3-4-15(19)16(20)10-13/h3-4,9-10H,5-8H2,1-2H3. The predicted octanol–water partition coefficient (Wildman–Crippen LogP) is 2.77. The second-order valence-electron chi connectivity index (χ2n) is 6.04. The van der Waals surface area contributed by atoms with Gasteiger partial charge in [-0.25, -0.2) is 8.78 Å². The molecule has 5 nitrogen and oxygen atoms in total. The Kier molecular flexibility index (Phi) is 4.57. The first-order valence-electron chi connectivity index (χ1n) is 7.97. The van der Waals surface area contributed by atoms with Crippen LogP contribution in [-0.2, 0) is 0 Å². The molecule has 0 N–H and O–H groups in total. The van der Waals surface area contributed by atoms with E-state index in [1.807, 2.05) is 0 Å². The van der Waals surface area contributed by atoms with Gasteiger partial charge in [-0.05, 0) is 38.1 Å². The van der Waals surface area contributed by atoms with Crippen molar-refractivity contribution in [2.24, 2.45) is 0 Å². The van der Waals surface area contributed by atoms with Gasteiger partial charge in [0.2, 0.25) is 0 Å². The number of hydrogen-bond donors (Lipinski definition) is 0. The third kappa shape index (κ3) is 3.40. The molecule has 2 amide bonds. The fourth-order valence-electron chi connectivity index (χ4n) is 2.94. The van der Waals surface area contributed by atoms with Crippen LogP contribution in [0, 0.1) is 25.5 Å². The van der Waals surface area contributed by atoms with E-state index in [1.165, 1.54) is 11.0 Å². The first kappa shape index (κ1) is 17.1. The van der Waals surface area contributed by atoms with Gasteiger partial charge in [-0.2, -0.15) is 0 Å². The number of carbonyl (C=O) groups is 2. The largest absolute Gasteiger partial charge is 0.466 e. The summed E-state index contributed by atoms with van der Waals surface area (Å²) in [6, 6.07) is 4.80. The van der Waals surface area contributed by atoms with Crippen molar-refractivity contribution >= 4 is 11.8 Å². The van der Waals surface area contributed by atoms with Gasteiger partial charge in [-0.1, -0.05) is 0 Å². The van der Waals surface area contributed by atoms with Crippen molar-refractivity contribution in [3.8, 4) is 0 Å². The second-order valence-corrected chi connectivity index (χ2v) is 6.04. The minimum absolute atomic E-state index is 0.0972. The third-order valence-electron chi connectivity index (χ3n) is 4.29. The zero-order valence-electron chi connectivity index (χ0n) is 14.0. The maximum absolute atomic E-state index is 13.3. The van der Waals surface area contributed by atoms with Crippen LogP contribution < -0.4 is 0 Å². The van der Waals surface area contributed by atoms with Gasteiger partial charge >= 0.3 is 0 Å². The molecule has 3 rings (SSSR count). The lowest BCUT2D eigenvalue weighted by Crippen LogP contribution is -2.50. The molecule has 1 aliphatic heterocycles. The summed E-state index contributed by atoms with van der Waals surface area (Å²) in [6.45, 7) is 4.93. The number of aryl methyl sites for hydroxylation is 2. The number of amides is 2. The molecule has 0 atom stereocenters. The van der Waals surface area contributed by atoms with E-state index in [1.54, 1.807) is 24.8 Å². The highest BCUT2D eigenvalue weighted by atomic mass is 19.2. The van der Waals surface area contributed by atoms with Gasteiger partial charge in [-0.15, -0.1) is 0 Å². The van der Waals surface area contributed by atoms with Crippen LogP contribution >= 0.6 is 0 Å². The molecule has 2 aromatic rings. The van der Waals surface area contributed by atoms with Crippen LogP contribution in [0.25, 0.3) is 0 Å². The lowest BCUT2D eigenvalue weighted by molar-refractivity contribution is 0.0534. The third-order valence-corrected chi connectivity index (χ3v) is 4.29. The van der Waals surface area contributed by atoms with Gasteiger partial charge in [0.15, 0.2) is 11.6 Å². The normalized spacial score (nSPS) is 14.7. The monoisotopic (exact) mass is 348 g/mol. The number of nitrogens with zero attached hydrogens (tertiary/aromatic N) is 2. The van der Waals surface area contributed by atoms with Gasteiger partial charge in [-0.3, -0.25) is 9.59 Å². The molecule has 132 valence electrons. The number of piperazine rings is 1. The molecule has 0 bridgehead atoms. The summed E-state index contributed by atoms with van der Waals surface area (Å²) in [7, 11) is 0. The number of carbonyl (C=O) groups excluding carboxylic acids is 2. The van der Waals surface area contributed by atoms with E-state index in [-0.39, 0.29) is 17.4 Å². The van der Waals surface area contributed by atoms with Crippen LogP contribution in [0.15, 0.2) is 28.7 Å². The first-order chi connectivity index (χ1) is 11.9. The molecule has 7 heteroatoms. The number of furan rings is 1. The van der Waals surface area contributed by atoms with Crippen LogP contribution in [0.4, 0.5) is 8.78 Å². The second kappa shape index (κ2) is 6.66. The Bertz CT molecular complexity index is 824. The Balaban J connectivity index is 1.65. The molecular weight excluding hydrogens is 330 g/mol. The van der Waals surface area contributed by atoms with Crippen LogP contribution in [0.3, 0.4) is 0 Å². The summed E-state index contributed by atoms with van der Waals surface area (Å²) in [5, 5.41) is 0. The summed E-state index contributed by atoms with van der Waals surface area (Å²) < 4.78 is 31.7. The van der Waals surface area contributed by atoms with E-state index in [4.69, 9.17) is 4.42 Å². The van der Waals surface area contributed by atoms with Crippen molar-refractivity contribution in [1.29, 1.82) is 0 Å². The average Bonchev–Trinajstić information content (AvgIpc) is 2.94. The molecular formula is C18H18F2N2O3. The summed E-state index contributed by atoms with van der Waals surface area (Å²) in [4.78, 5) is 28.1. The topological polar surface area (TPSA) is 53.8 Å². The molecule has 1 aromatic carbocycles. The Hall–Kier alpha value is -2.70. The molecule has 1 fully saturated rings. The van der Waals surface area contributed by atoms with Crippen LogP contribution in [0.1, 0.15) is 32.2 Å². The SMILES string of the molecule is Cc1cc(C(=O)N2CCN(C(=O)c3ccc(F)c(F)c3)CC2)c(C)o1. The maximum Gasteiger partial charge on any atom is 0.257 e. The smallest absolute Gasteiger partial charge is 0.257 e. The van der Waals surface area contributed by atoms with Crippen molar-refractivity contribution in [3.63, 3.8) is 0 Å². The van der Waals surface area contributed by atoms with Crippen molar-refractivity contribution in [1.82, 2.24) is 9.80 Å². The predicted molar refractivity (Wildman–Crippen MR) is 86.3 cm³/mol. The van der Waals surface area contributed by atoms with E-state index in [0.29, 0.717) is 43.3 Å². The molecule has 0 aliphatic carbocycles. The maximum atomic E-state index is 13.3. The van der Waals surface area contributed by atoms with Gasteiger partial charge in [0.25, 0.3) is 11.8 Å².